The number of rotatable bonds is 20. The van der Waals surface area contributed by atoms with Gasteiger partial charge in [0.1, 0.15) is 159 Å². The van der Waals surface area contributed by atoms with Gasteiger partial charge in [0.2, 0.25) is 17.7 Å². The summed E-state index contributed by atoms with van der Waals surface area (Å²) in [5.74, 6) is -2.57. The van der Waals surface area contributed by atoms with Crippen molar-refractivity contribution in [2.75, 3.05) is 33.0 Å². The van der Waals surface area contributed by atoms with E-state index in [9.17, 15) is 106 Å². The minimum Gasteiger partial charge on any atom is -0.394 e. The summed E-state index contributed by atoms with van der Waals surface area (Å²) in [6, 6.07) is -5.32. The highest BCUT2D eigenvalue weighted by Gasteiger charge is 2.59. The first-order valence-electron chi connectivity index (χ1n) is 27.3. The molecule has 0 aromatic carbocycles. The molecule has 7 rings (SSSR count). The summed E-state index contributed by atoms with van der Waals surface area (Å²) in [5.41, 5.74) is 0. The predicted molar refractivity (Wildman–Crippen MR) is 264 cm³/mol. The van der Waals surface area contributed by atoms with E-state index in [1.807, 2.05) is 0 Å². The Morgan fingerprint density at radius 2 is 0.647 bits per heavy atom. The second-order valence-electron chi connectivity index (χ2n) is 21.8. The van der Waals surface area contributed by atoms with Gasteiger partial charge in [0.15, 0.2) is 44.0 Å². The maximum atomic E-state index is 13.0. The van der Waals surface area contributed by atoms with Crippen molar-refractivity contribution in [1.29, 1.82) is 0 Å². The number of carbonyl (C=O) groups excluding carboxylic acids is 3. The van der Waals surface area contributed by atoms with E-state index < -0.39 is 266 Å². The Kier molecular flexibility index (Phi) is 24.5. The molecule has 0 aromatic heterocycles. The lowest BCUT2D eigenvalue weighted by atomic mass is 9.93. The second kappa shape index (κ2) is 29.9. The molecule has 0 bridgehead atoms. The first-order valence-corrected chi connectivity index (χ1v) is 27.3. The Hall–Kier alpha value is -2.83. The van der Waals surface area contributed by atoms with Gasteiger partial charge in [0.05, 0.1) is 45.2 Å². The van der Waals surface area contributed by atoms with Crippen molar-refractivity contribution >= 4 is 17.7 Å². The molecule has 7 saturated heterocycles. The van der Waals surface area contributed by atoms with Gasteiger partial charge in [-0.3, -0.25) is 14.4 Å². The molecule has 3 amide bonds. The minimum atomic E-state index is -2.15. The molecule has 7 heterocycles. The number of aliphatic hydroxyl groups is 18. The minimum absolute atomic E-state index is 0.843. The monoisotopic (exact) mass is 1240 g/mol. The molecule has 35 atom stereocenters. The van der Waals surface area contributed by atoms with Crippen LogP contribution in [-0.4, -0.2) is 357 Å². The maximum Gasteiger partial charge on any atom is 0.217 e. The van der Waals surface area contributed by atoms with Crippen LogP contribution in [0.4, 0.5) is 0 Å². The number of hydrogen-bond acceptors (Lipinski definition) is 34. The van der Waals surface area contributed by atoms with Crippen molar-refractivity contribution in [2.24, 2.45) is 0 Å². The highest BCUT2D eigenvalue weighted by molar-refractivity contribution is 5.74. The van der Waals surface area contributed by atoms with Gasteiger partial charge in [-0.15, -0.1) is 0 Å². The van der Waals surface area contributed by atoms with Gasteiger partial charge in [-0.1, -0.05) is 0 Å². The Bertz CT molecular complexity index is 2150. The van der Waals surface area contributed by atoms with Gasteiger partial charge in [-0.2, -0.15) is 0 Å². The molecule has 85 heavy (non-hydrogen) atoms. The van der Waals surface area contributed by atoms with Crippen molar-refractivity contribution in [3.05, 3.63) is 0 Å². The summed E-state index contributed by atoms with van der Waals surface area (Å²) >= 11 is 0. The van der Waals surface area contributed by atoms with E-state index in [0.29, 0.717) is 0 Å². The molecule has 0 unspecified atom stereocenters. The van der Waals surface area contributed by atoms with Crippen LogP contribution in [0, 0.1) is 0 Å². The SMILES string of the molecule is CC(=O)N[C@@H]1[C@@H](O[C@@H]2O[C@H](CO)[C@@H](O)[C@H](O[C@@H]3O[C@H](CO)[C@H](O)[C@H](O)[C@H]3O[C@@H]3O[C@@H](C)[C@@H](O)[C@@H](O)[C@@H]3O)[C@H]2NC(C)=O)[C@@H](O)[C@@H](CO[C@@H]2O[C@H](CO)[C@@H](O)[C@H](O[C@@H]3O[C@H](CO)[C@H](O)[C@H](O)[C@H]3O[C@@H]3O[C@@H](C)[C@@H](O)[C@@H](O)[C@@H]3O)[C@H]2NC(C)=O)O[C@@H]1O. The topological polar surface area (TPSA) is 571 Å². The van der Waals surface area contributed by atoms with Crippen LogP contribution in [0.2, 0.25) is 0 Å². The molecular weight excluding hydrogens is 1160 g/mol. The summed E-state index contributed by atoms with van der Waals surface area (Å²) in [6.07, 6.45) is -59.4. The molecule has 7 aliphatic heterocycles. The van der Waals surface area contributed by atoms with E-state index in [1.54, 1.807) is 0 Å². The molecule has 7 fully saturated rings. The molecule has 0 radical (unpaired) electrons. The molecule has 492 valence electrons. The number of nitrogens with one attached hydrogen (secondary N) is 3. The summed E-state index contributed by atoms with van der Waals surface area (Å²) in [7, 11) is 0. The van der Waals surface area contributed by atoms with Crippen molar-refractivity contribution in [2.45, 2.75) is 249 Å². The number of carbonyl (C=O) groups is 3. The molecule has 7 aliphatic rings. The average molecular weight is 1240 g/mol. The third-order valence-corrected chi connectivity index (χ3v) is 15.7. The van der Waals surface area contributed by atoms with Crippen LogP contribution >= 0.6 is 0 Å². The fourth-order valence-electron chi connectivity index (χ4n) is 11.0. The molecular formula is C48H81N3O34. The summed E-state index contributed by atoms with van der Waals surface area (Å²) in [5, 5.41) is 203. The van der Waals surface area contributed by atoms with Crippen molar-refractivity contribution < 1.29 is 168 Å². The van der Waals surface area contributed by atoms with E-state index in [1.165, 1.54) is 13.8 Å². The summed E-state index contributed by atoms with van der Waals surface area (Å²) < 4.78 is 76.2. The standard InChI is InChI=1S/C48H81N3O34/c1-11-24(59)31(66)35(70)45(74-11)84-40-33(68)26(61)16(6-52)79-47(40)82-38-22(50-14(4)57)43(77-18(8-54)28(38)63)73-10-20-30(65)37(21(42(72)76-20)49-13(3)56)81-44-23(51-15(5)58)39(29(64)19(9-55)78-44)83-48-41(34(69)27(62)17(7-53)80-48)85-46-36(71)32(67)25(60)12(2)75-46/h11-12,16-48,52-55,59-72H,6-10H2,1-5H3,(H,49,56)(H,50,57)(H,51,58)/t11-,12-,16+,17+,18+,19+,20+,21+,22+,23+,24+,25+,26-,27-,28+,29+,30-,31+,32+,33-,34-,35-,36-,37+,38+,39+,40+,41+,42-,43+,44-,45-,46-,47-,48-/m0/s1. The van der Waals surface area contributed by atoms with Gasteiger partial charge in [0, 0.05) is 20.8 Å². The van der Waals surface area contributed by atoms with Gasteiger partial charge in [0.25, 0.3) is 0 Å². The Morgan fingerprint density at radius 1 is 0.329 bits per heavy atom. The van der Waals surface area contributed by atoms with Crippen LogP contribution in [0.1, 0.15) is 34.6 Å². The van der Waals surface area contributed by atoms with Crippen molar-refractivity contribution in [3.63, 3.8) is 0 Å². The van der Waals surface area contributed by atoms with Crippen molar-refractivity contribution in [1.82, 2.24) is 16.0 Å². The lowest BCUT2D eigenvalue weighted by Crippen LogP contribution is -2.71. The third-order valence-electron chi connectivity index (χ3n) is 15.7. The van der Waals surface area contributed by atoms with Crippen LogP contribution < -0.4 is 16.0 Å². The Morgan fingerprint density at radius 3 is 1.05 bits per heavy atom. The second-order valence-corrected chi connectivity index (χ2v) is 21.8. The fourth-order valence-corrected chi connectivity index (χ4v) is 11.0. The zero-order valence-electron chi connectivity index (χ0n) is 46.3. The maximum absolute atomic E-state index is 13.0. The Labute approximate surface area is 483 Å². The van der Waals surface area contributed by atoms with Crippen LogP contribution in [0.3, 0.4) is 0 Å². The first-order chi connectivity index (χ1) is 40.1. The normalized spacial score (nSPS) is 49.8. The van der Waals surface area contributed by atoms with E-state index in [2.05, 4.69) is 16.0 Å². The van der Waals surface area contributed by atoms with Gasteiger partial charge >= 0.3 is 0 Å². The summed E-state index contributed by atoms with van der Waals surface area (Å²) in [6.45, 7) is 0.752. The van der Waals surface area contributed by atoms with Gasteiger partial charge in [-0.05, 0) is 13.8 Å². The fraction of sp³-hybridized carbons (Fsp3) is 0.938. The molecule has 0 saturated carbocycles. The number of aliphatic hydroxyl groups excluding tert-OH is 18. The number of amides is 3. The molecule has 0 aromatic rings. The van der Waals surface area contributed by atoms with Gasteiger partial charge < -0.3 is 169 Å². The molecule has 21 N–H and O–H groups in total. The highest BCUT2D eigenvalue weighted by Crippen LogP contribution is 2.37. The number of hydrogen-bond donors (Lipinski definition) is 21. The van der Waals surface area contributed by atoms with Crippen LogP contribution in [0.25, 0.3) is 0 Å². The van der Waals surface area contributed by atoms with Crippen LogP contribution in [0.15, 0.2) is 0 Å². The van der Waals surface area contributed by atoms with E-state index in [-0.39, 0.29) is 0 Å². The quantitative estimate of drug-likeness (QED) is 0.0538. The van der Waals surface area contributed by atoms with Crippen LogP contribution in [0.5, 0.6) is 0 Å². The zero-order chi connectivity index (χ0) is 62.8. The molecule has 37 heteroatoms. The lowest BCUT2D eigenvalue weighted by molar-refractivity contribution is -0.385. The van der Waals surface area contributed by atoms with E-state index >= 15 is 0 Å². The van der Waals surface area contributed by atoms with Crippen LogP contribution in [-0.2, 0) is 76.0 Å². The van der Waals surface area contributed by atoms with E-state index in [0.717, 1.165) is 20.8 Å². The predicted octanol–water partition coefficient (Wildman–Crippen LogP) is -13.8. The zero-order valence-corrected chi connectivity index (χ0v) is 46.3. The molecule has 37 nitrogen and oxygen atoms in total. The van der Waals surface area contributed by atoms with Crippen molar-refractivity contribution in [3.8, 4) is 0 Å². The summed E-state index contributed by atoms with van der Waals surface area (Å²) in [4.78, 5) is 38.6. The third kappa shape index (κ3) is 15.3. The smallest absolute Gasteiger partial charge is 0.217 e. The highest BCUT2D eigenvalue weighted by atomic mass is 16.8. The average Bonchev–Trinajstić information content (AvgIpc) is 1.90. The largest absolute Gasteiger partial charge is 0.394 e. The first kappa shape index (κ1) is 69.6. The Balaban J connectivity index is 1.15. The van der Waals surface area contributed by atoms with E-state index in [4.69, 9.17) is 61.6 Å². The molecule has 0 aliphatic carbocycles. The number of ether oxygens (including phenoxy) is 13. The molecule has 0 spiro atoms. The lowest BCUT2D eigenvalue weighted by Gasteiger charge is -2.51. The van der Waals surface area contributed by atoms with Gasteiger partial charge in [-0.25, -0.2) is 0 Å².